The molecule has 2 rings (SSSR count). The fourth-order valence-electron chi connectivity index (χ4n) is 2.44. The third-order valence-electron chi connectivity index (χ3n) is 3.50. The SMILES string of the molecule is CCCn1ccnc1CC(N)c1cc(C)ccc1C. The number of nitrogens with zero attached hydrogens (tertiary/aromatic N) is 2. The normalized spacial score (nSPS) is 12.6. The van der Waals surface area contributed by atoms with Gasteiger partial charge in [0, 0.05) is 31.4 Å². The van der Waals surface area contributed by atoms with Gasteiger partial charge in [-0.25, -0.2) is 4.98 Å². The molecule has 1 heterocycles. The summed E-state index contributed by atoms with van der Waals surface area (Å²) >= 11 is 0. The zero-order valence-corrected chi connectivity index (χ0v) is 12.1. The molecule has 1 aromatic carbocycles. The first-order chi connectivity index (χ1) is 9.11. The molecular formula is C16H23N3. The van der Waals surface area contributed by atoms with Crippen molar-refractivity contribution in [2.45, 2.75) is 46.2 Å². The molecule has 0 aliphatic carbocycles. The van der Waals surface area contributed by atoms with E-state index in [2.05, 4.69) is 48.5 Å². The molecule has 0 saturated carbocycles. The molecule has 0 amide bonds. The Morgan fingerprint density at radius 1 is 1.32 bits per heavy atom. The first-order valence-corrected chi connectivity index (χ1v) is 6.94. The summed E-state index contributed by atoms with van der Waals surface area (Å²) in [5.74, 6) is 1.08. The number of nitrogens with two attached hydrogens (primary N) is 1. The van der Waals surface area contributed by atoms with Gasteiger partial charge in [-0.1, -0.05) is 30.7 Å². The van der Waals surface area contributed by atoms with Crippen LogP contribution < -0.4 is 5.73 Å². The molecule has 1 unspecified atom stereocenters. The van der Waals surface area contributed by atoms with E-state index in [4.69, 9.17) is 5.73 Å². The second-order valence-electron chi connectivity index (χ2n) is 5.21. The van der Waals surface area contributed by atoms with E-state index in [1.54, 1.807) is 0 Å². The van der Waals surface area contributed by atoms with Crippen molar-refractivity contribution in [2.24, 2.45) is 5.73 Å². The number of hydrogen-bond donors (Lipinski definition) is 1. The van der Waals surface area contributed by atoms with Crippen molar-refractivity contribution < 1.29 is 0 Å². The first-order valence-electron chi connectivity index (χ1n) is 6.94. The zero-order chi connectivity index (χ0) is 13.8. The van der Waals surface area contributed by atoms with Gasteiger partial charge in [-0.2, -0.15) is 0 Å². The molecule has 2 aromatic rings. The molecule has 0 spiro atoms. The van der Waals surface area contributed by atoms with Gasteiger partial charge in [-0.05, 0) is 31.4 Å². The lowest BCUT2D eigenvalue weighted by atomic mass is 9.97. The van der Waals surface area contributed by atoms with Gasteiger partial charge in [0.2, 0.25) is 0 Å². The minimum Gasteiger partial charge on any atom is -0.335 e. The van der Waals surface area contributed by atoms with Crippen molar-refractivity contribution in [2.75, 3.05) is 0 Å². The van der Waals surface area contributed by atoms with Crippen LogP contribution in [0.15, 0.2) is 30.6 Å². The van der Waals surface area contributed by atoms with Gasteiger partial charge in [0.15, 0.2) is 0 Å². The zero-order valence-electron chi connectivity index (χ0n) is 12.1. The average Bonchev–Trinajstić information content (AvgIpc) is 2.80. The lowest BCUT2D eigenvalue weighted by Crippen LogP contribution is -2.17. The topological polar surface area (TPSA) is 43.8 Å². The van der Waals surface area contributed by atoms with Crippen LogP contribution in [0.4, 0.5) is 0 Å². The second kappa shape index (κ2) is 6.02. The summed E-state index contributed by atoms with van der Waals surface area (Å²) in [4.78, 5) is 4.44. The highest BCUT2D eigenvalue weighted by molar-refractivity contribution is 5.33. The van der Waals surface area contributed by atoms with Gasteiger partial charge in [0.05, 0.1) is 0 Å². The summed E-state index contributed by atoms with van der Waals surface area (Å²) in [5, 5.41) is 0. The van der Waals surface area contributed by atoms with E-state index < -0.39 is 0 Å². The Kier molecular flexibility index (Phi) is 4.38. The summed E-state index contributed by atoms with van der Waals surface area (Å²) in [6.45, 7) is 7.41. The van der Waals surface area contributed by atoms with Crippen LogP contribution in [0.25, 0.3) is 0 Å². The van der Waals surface area contributed by atoms with Gasteiger partial charge < -0.3 is 10.3 Å². The fraction of sp³-hybridized carbons (Fsp3) is 0.438. The molecule has 0 fully saturated rings. The minimum absolute atomic E-state index is 0.0120. The van der Waals surface area contributed by atoms with E-state index in [0.717, 1.165) is 25.2 Å². The molecular weight excluding hydrogens is 234 g/mol. The Balaban J connectivity index is 2.18. The summed E-state index contributed by atoms with van der Waals surface area (Å²) in [5.41, 5.74) is 10.1. The number of hydrogen-bond acceptors (Lipinski definition) is 2. The molecule has 0 bridgehead atoms. The van der Waals surface area contributed by atoms with Crippen molar-refractivity contribution in [3.05, 3.63) is 53.1 Å². The highest BCUT2D eigenvalue weighted by Crippen LogP contribution is 2.20. The lowest BCUT2D eigenvalue weighted by molar-refractivity contribution is 0.597. The van der Waals surface area contributed by atoms with Gasteiger partial charge >= 0.3 is 0 Å². The summed E-state index contributed by atoms with van der Waals surface area (Å²) in [6.07, 6.45) is 5.80. The molecule has 0 aliphatic rings. The average molecular weight is 257 g/mol. The molecule has 102 valence electrons. The number of benzene rings is 1. The quantitative estimate of drug-likeness (QED) is 0.894. The molecule has 1 atom stereocenters. The minimum atomic E-state index is 0.0120. The standard InChI is InChI=1S/C16H23N3/c1-4-8-19-9-7-18-16(19)11-15(17)14-10-12(2)5-6-13(14)3/h5-7,9-10,15H,4,8,11,17H2,1-3H3. The van der Waals surface area contributed by atoms with Crippen LogP contribution in [0, 0.1) is 13.8 Å². The van der Waals surface area contributed by atoms with E-state index in [0.29, 0.717) is 0 Å². The molecule has 3 nitrogen and oxygen atoms in total. The maximum atomic E-state index is 6.37. The maximum Gasteiger partial charge on any atom is 0.110 e. The van der Waals surface area contributed by atoms with Crippen molar-refractivity contribution in [3.63, 3.8) is 0 Å². The summed E-state index contributed by atoms with van der Waals surface area (Å²) < 4.78 is 2.20. The predicted molar refractivity (Wildman–Crippen MR) is 79.1 cm³/mol. The van der Waals surface area contributed by atoms with Crippen molar-refractivity contribution in [1.29, 1.82) is 0 Å². The third-order valence-corrected chi connectivity index (χ3v) is 3.50. The van der Waals surface area contributed by atoms with Crippen LogP contribution in [-0.4, -0.2) is 9.55 Å². The number of aromatic nitrogens is 2. The number of imidazole rings is 1. The molecule has 1 aromatic heterocycles. The Hall–Kier alpha value is -1.61. The second-order valence-corrected chi connectivity index (χ2v) is 5.21. The summed E-state index contributed by atoms with van der Waals surface area (Å²) in [7, 11) is 0. The first kappa shape index (κ1) is 13.8. The monoisotopic (exact) mass is 257 g/mol. The van der Waals surface area contributed by atoms with Crippen LogP contribution in [-0.2, 0) is 13.0 Å². The van der Waals surface area contributed by atoms with Gasteiger partial charge in [-0.15, -0.1) is 0 Å². The van der Waals surface area contributed by atoms with Gasteiger partial charge in [-0.3, -0.25) is 0 Å². The lowest BCUT2D eigenvalue weighted by Gasteiger charge is -2.16. The molecule has 19 heavy (non-hydrogen) atoms. The maximum absolute atomic E-state index is 6.37. The smallest absolute Gasteiger partial charge is 0.110 e. The van der Waals surface area contributed by atoms with Crippen LogP contribution >= 0.6 is 0 Å². The molecule has 0 saturated heterocycles. The van der Waals surface area contributed by atoms with Gasteiger partial charge in [0.1, 0.15) is 5.82 Å². The van der Waals surface area contributed by atoms with Gasteiger partial charge in [0.25, 0.3) is 0 Å². The highest BCUT2D eigenvalue weighted by Gasteiger charge is 2.13. The number of rotatable bonds is 5. The van der Waals surface area contributed by atoms with E-state index in [1.165, 1.54) is 16.7 Å². The third kappa shape index (κ3) is 3.24. The van der Waals surface area contributed by atoms with E-state index in [1.807, 2.05) is 12.4 Å². The largest absolute Gasteiger partial charge is 0.335 e. The Morgan fingerprint density at radius 2 is 2.11 bits per heavy atom. The summed E-state index contributed by atoms with van der Waals surface area (Å²) in [6, 6.07) is 6.47. The Morgan fingerprint density at radius 3 is 2.84 bits per heavy atom. The van der Waals surface area contributed by atoms with Crippen LogP contribution in [0.3, 0.4) is 0 Å². The van der Waals surface area contributed by atoms with E-state index in [-0.39, 0.29) is 6.04 Å². The van der Waals surface area contributed by atoms with E-state index >= 15 is 0 Å². The van der Waals surface area contributed by atoms with Crippen molar-refractivity contribution in [1.82, 2.24) is 9.55 Å². The van der Waals surface area contributed by atoms with Crippen LogP contribution in [0.5, 0.6) is 0 Å². The Labute approximate surface area is 115 Å². The van der Waals surface area contributed by atoms with Crippen molar-refractivity contribution >= 4 is 0 Å². The predicted octanol–water partition coefficient (Wildman–Crippen LogP) is 3.15. The number of aryl methyl sites for hydroxylation is 3. The fourth-order valence-corrected chi connectivity index (χ4v) is 2.44. The highest BCUT2D eigenvalue weighted by atomic mass is 15.1. The van der Waals surface area contributed by atoms with Crippen LogP contribution in [0.1, 0.15) is 41.9 Å². The van der Waals surface area contributed by atoms with Crippen molar-refractivity contribution in [3.8, 4) is 0 Å². The Bertz CT molecular complexity index is 543. The molecule has 2 N–H and O–H groups in total. The van der Waals surface area contributed by atoms with E-state index in [9.17, 15) is 0 Å². The molecule has 0 radical (unpaired) electrons. The van der Waals surface area contributed by atoms with Crippen LogP contribution in [0.2, 0.25) is 0 Å². The molecule has 0 aliphatic heterocycles. The molecule has 3 heteroatoms.